The number of aliphatic hydroxyl groups is 1. The maximum atomic E-state index is 12.0. The second-order valence-corrected chi connectivity index (χ2v) is 5.51. The van der Waals surface area contributed by atoms with Gasteiger partial charge in [-0.1, -0.05) is 12.1 Å². The second kappa shape index (κ2) is 7.43. The Morgan fingerprint density at radius 2 is 2.19 bits per heavy atom. The molecule has 5 heteroatoms. The summed E-state index contributed by atoms with van der Waals surface area (Å²) in [7, 11) is 0. The molecule has 1 aliphatic rings. The van der Waals surface area contributed by atoms with E-state index >= 15 is 0 Å². The normalized spacial score (nSPS) is 17.2. The van der Waals surface area contributed by atoms with Crippen LogP contribution < -0.4 is 10.1 Å². The highest BCUT2D eigenvalue weighted by Gasteiger charge is 2.33. The van der Waals surface area contributed by atoms with E-state index in [-0.39, 0.29) is 18.9 Å². The first-order valence-electron chi connectivity index (χ1n) is 7.33. The van der Waals surface area contributed by atoms with E-state index in [1.54, 1.807) is 0 Å². The van der Waals surface area contributed by atoms with Crippen LogP contribution in [0.15, 0.2) is 24.3 Å². The average Bonchev–Trinajstić information content (AvgIpc) is 2.48. The number of ether oxygens (including phenoxy) is 2. The predicted octanol–water partition coefficient (Wildman–Crippen LogP) is 1.42. The number of nitrogens with one attached hydrogen (secondary N) is 1. The molecule has 0 unspecified atom stereocenters. The number of rotatable bonds is 6. The van der Waals surface area contributed by atoms with E-state index in [4.69, 9.17) is 9.47 Å². The van der Waals surface area contributed by atoms with E-state index in [1.807, 2.05) is 31.2 Å². The smallest absolute Gasteiger partial charge is 0.223 e. The molecule has 2 N–H and O–H groups in total. The average molecular weight is 293 g/mol. The van der Waals surface area contributed by atoms with Crippen molar-refractivity contribution in [1.29, 1.82) is 0 Å². The number of hydrogen-bond donors (Lipinski definition) is 2. The molecule has 21 heavy (non-hydrogen) atoms. The van der Waals surface area contributed by atoms with Gasteiger partial charge in [-0.25, -0.2) is 0 Å². The Morgan fingerprint density at radius 1 is 1.43 bits per heavy atom. The van der Waals surface area contributed by atoms with Gasteiger partial charge in [-0.3, -0.25) is 4.79 Å². The molecule has 0 radical (unpaired) electrons. The molecular formula is C16H23NO4. The van der Waals surface area contributed by atoms with Gasteiger partial charge in [0, 0.05) is 13.2 Å². The van der Waals surface area contributed by atoms with Crippen molar-refractivity contribution in [1.82, 2.24) is 5.32 Å². The minimum Gasteiger partial charge on any atom is -0.493 e. The highest BCUT2D eigenvalue weighted by molar-refractivity contribution is 5.77. The van der Waals surface area contributed by atoms with Gasteiger partial charge in [0.1, 0.15) is 5.75 Å². The van der Waals surface area contributed by atoms with Crippen molar-refractivity contribution >= 4 is 5.91 Å². The summed E-state index contributed by atoms with van der Waals surface area (Å²) in [4.78, 5) is 12.0. The number of aryl methyl sites for hydroxylation is 1. The monoisotopic (exact) mass is 293 g/mol. The topological polar surface area (TPSA) is 67.8 Å². The Morgan fingerprint density at radius 3 is 2.86 bits per heavy atom. The van der Waals surface area contributed by atoms with Gasteiger partial charge < -0.3 is 19.9 Å². The molecule has 1 heterocycles. The molecule has 5 nitrogen and oxygen atoms in total. The van der Waals surface area contributed by atoms with Crippen LogP contribution in [0.5, 0.6) is 5.75 Å². The van der Waals surface area contributed by atoms with E-state index in [1.165, 1.54) is 0 Å². The van der Waals surface area contributed by atoms with Gasteiger partial charge >= 0.3 is 0 Å². The Bertz CT molecular complexity index is 469. The van der Waals surface area contributed by atoms with Crippen LogP contribution in [0.1, 0.15) is 24.8 Å². The summed E-state index contributed by atoms with van der Waals surface area (Å²) in [5.74, 6) is 0.671. The van der Waals surface area contributed by atoms with Crippen LogP contribution in [0.3, 0.4) is 0 Å². The number of carbonyl (C=O) groups is 1. The minimum atomic E-state index is -0.529. The van der Waals surface area contributed by atoms with Crippen LogP contribution >= 0.6 is 0 Å². The molecule has 116 valence electrons. The van der Waals surface area contributed by atoms with E-state index in [2.05, 4.69) is 5.32 Å². The van der Waals surface area contributed by atoms with Crippen LogP contribution in [0, 0.1) is 6.92 Å². The molecule has 2 rings (SSSR count). The first kappa shape index (κ1) is 15.8. The van der Waals surface area contributed by atoms with Gasteiger partial charge in [-0.2, -0.15) is 0 Å². The van der Waals surface area contributed by atoms with Gasteiger partial charge in [0.15, 0.2) is 0 Å². The largest absolute Gasteiger partial charge is 0.493 e. The molecule has 1 saturated heterocycles. The molecule has 1 amide bonds. The highest BCUT2D eigenvalue weighted by Crippen LogP contribution is 2.20. The maximum Gasteiger partial charge on any atom is 0.223 e. The van der Waals surface area contributed by atoms with Crippen LogP contribution in [-0.4, -0.2) is 43.0 Å². The fraction of sp³-hybridized carbons (Fsp3) is 0.562. The fourth-order valence-corrected chi connectivity index (χ4v) is 2.41. The predicted molar refractivity (Wildman–Crippen MR) is 79.3 cm³/mol. The SMILES string of the molecule is Cc1cccc(OCCC(=O)NC2(CO)CCOCC2)c1. The van der Waals surface area contributed by atoms with Crippen molar-refractivity contribution in [3.8, 4) is 5.75 Å². The Balaban J connectivity index is 1.76. The van der Waals surface area contributed by atoms with Crippen molar-refractivity contribution < 1.29 is 19.4 Å². The molecule has 1 aromatic rings. The van der Waals surface area contributed by atoms with Crippen molar-refractivity contribution in [2.75, 3.05) is 26.4 Å². The van der Waals surface area contributed by atoms with Crippen molar-refractivity contribution in [2.24, 2.45) is 0 Å². The molecule has 0 aromatic heterocycles. The molecular weight excluding hydrogens is 270 g/mol. The number of aliphatic hydroxyl groups excluding tert-OH is 1. The summed E-state index contributed by atoms with van der Waals surface area (Å²) in [5.41, 5.74) is 0.594. The van der Waals surface area contributed by atoms with Crippen molar-refractivity contribution in [3.05, 3.63) is 29.8 Å². The third-order valence-electron chi connectivity index (χ3n) is 3.74. The quantitative estimate of drug-likeness (QED) is 0.832. The lowest BCUT2D eigenvalue weighted by molar-refractivity contribution is -0.125. The molecule has 0 aliphatic carbocycles. The van der Waals surface area contributed by atoms with Gasteiger partial charge in [0.2, 0.25) is 5.91 Å². The summed E-state index contributed by atoms with van der Waals surface area (Å²) >= 11 is 0. The van der Waals surface area contributed by atoms with Gasteiger partial charge in [0.05, 0.1) is 25.2 Å². The molecule has 0 saturated carbocycles. The van der Waals surface area contributed by atoms with Gasteiger partial charge in [-0.05, 0) is 37.5 Å². The Labute approximate surface area is 125 Å². The molecule has 0 bridgehead atoms. The highest BCUT2D eigenvalue weighted by atomic mass is 16.5. The fourth-order valence-electron chi connectivity index (χ4n) is 2.41. The summed E-state index contributed by atoms with van der Waals surface area (Å²) in [6.07, 6.45) is 1.57. The summed E-state index contributed by atoms with van der Waals surface area (Å²) in [5, 5.41) is 12.5. The standard InChI is InChI=1S/C16H23NO4/c1-13-3-2-4-14(11-13)21-8-5-15(19)17-16(12-18)6-9-20-10-7-16/h2-4,11,18H,5-10,12H2,1H3,(H,17,19). The van der Waals surface area contributed by atoms with Crippen LogP contribution in [0.4, 0.5) is 0 Å². The second-order valence-electron chi connectivity index (χ2n) is 5.51. The summed E-state index contributed by atoms with van der Waals surface area (Å²) < 4.78 is 10.8. The number of amides is 1. The van der Waals surface area contributed by atoms with Crippen molar-refractivity contribution in [3.63, 3.8) is 0 Å². The summed E-state index contributed by atoms with van der Waals surface area (Å²) in [6, 6.07) is 7.73. The Kier molecular flexibility index (Phi) is 5.59. The Hall–Kier alpha value is -1.59. The van der Waals surface area contributed by atoms with Crippen LogP contribution in [-0.2, 0) is 9.53 Å². The van der Waals surface area contributed by atoms with Crippen LogP contribution in [0.2, 0.25) is 0 Å². The third kappa shape index (κ3) is 4.72. The molecule has 0 spiro atoms. The number of carbonyl (C=O) groups excluding carboxylic acids is 1. The third-order valence-corrected chi connectivity index (χ3v) is 3.74. The zero-order chi connectivity index (χ0) is 15.1. The molecule has 1 aromatic carbocycles. The number of benzene rings is 1. The zero-order valence-electron chi connectivity index (χ0n) is 12.4. The van der Waals surface area contributed by atoms with Gasteiger partial charge in [-0.15, -0.1) is 0 Å². The van der Waals surface area contributed by atoms with E-state index < -0.39 is 5.54 Å². The lowest BCUT2D eigenvalue weighted by Crippen LogP contribution is -2.54. The molecule has 1 aliphatic heterocycles. The first-order valence-corrected chi connectivity index (χ1v) is 7.33. The summed E-state index contributed by atoms with van der Waals surface area (Å²) in [6.45, 7) is 3.41. The van der Waals surface area contributed by atoms with E-state index in [0.29, 0.717) is 32.7 Å². The maximum absolute atomic E-state index is 12.0. The van der Waals surface area contributed by atoms with Crippen molar-refractivity contribution in [2.45, 2.75) is 31.7 Å². The molecule has 0 atom stereocenters. The lowest BCUT2D eigenvalue weighted by Gasteiger charge is -2.36. The zero-order valence-corrected chi connectivity index (χ0v) is 12.4. The molecule has 1 fully saturated rings. The van der Waals surface area contributed by atoms with Gasteiger partial charge in [0.25, 0.3) is 0 Å². The van der Waals surface area contributed by atoms with E-state index in [9.17, 15) is 9.90 Å². The lowest BCUT2D eigenvalue weighted by atomic mass is 9.91. The minimum absolute atomic E-state index is 0.0547. The van der Waals surface area contributed by atoms with E-state index in [0.717, 1.165) is 11.3 Å². The first-order chi connectivity index (χ1) is 10.1. The number of hydrogen-bond acceptors (Lipinski definition) is 4. The van der Waals surface area contributed by atoms with Crippen LogP contribution in [0.25, 0.3) is 0 Å².